The minimum atomic E-state index is -0.690. The second kappa shape index (κ2) is 6.24. The molecule has 1 aromatic heterocycles. The highest BCUT2D eigenvalue weighted by atomic mass is 35.5. The van der Waals surface area contributed by atoms with Crippen LogP contribution in [-0.4, -0.2) is 19.0 Å². The number of aryl methyl sites for hydroxylation is 1. The van der Waals surface area contributed by atoms with Crippen LogP contribution in [0.5, 0.6) is 0 Å². The van der Waals surface area contributed by atoms with Crippen molar-refractivity contribution >= 4 is 40.5 Å². The fourth-order valence-electron chi connectivity index (χ4n) is 1.69. The zero-order chi connectivity index (χ0) is 15.6. The molecule has 7 heteroatoms. The lowest BCUT2D eigenvalue weighted by molar-refractivity contribution is 0.0607. The van der Waals surface area contributed by atoms with E-state index in [4.69, 9.17) is 11.6 Å². The van der Waals surface area contributed by atoms with Gasteiger partial charge in [0.1, 0.15) is 10.7 Å². The number of hydrogen-bond donors (Lipinski definition) is 1. The van der Waals surface area contributed by atoms with Crippen molar-refractivity contribution in [1.82, 2.24) is 0 Å². The van der Waals surface area contributed by atoms with Crippen LogP contribution in [0, 0.1) is 12.7 Å². The summed E-state index contributed by atoms with van der Waals surface area (Å²) in [4.78, 5) is 24.0. The van der Waals surface area contributed by atoms with Crippen LogP contribution in [0.2, 0.25) is 5.02 Å². The van der Waals surface area contributed by atoms with Gasteiger partial charge in [0.15, 0.2) is 0 Å². The van der Waals surface area contributed by atoms with Gasteiger partial charge in [0.2, 0.25) is 0 Å². The van der Waals surface area contributed by atoms with Crippen molar-refractivity contribution in [2.45, 2.75) is 6.92 Å². The number of thiophene rings is 1. The molecule has 1 heterocycles. The lowest BCUT2D eigenvalue weighted by Crippen LogP contribution is -2.16. The molecule has 0 atom stereocenters. The summed E-state index contributed by atoms with van der Waals surface area (Å²) in [5.74, 6) is -1.93. The Labute approximate surface area is 129 Å². The summed E-state index contributed by atoms with van der Waals surface area (Å²) in [6.07, 6.45) is 0. The number of esters is 1. The second-order valence-corrected chi connectivity index (χ2v) is 5.51. The predicted octanol–water partition coefficient (Wildman–Crippen LogP) is 3.89. The highest BCUT2D eigenvalue weighted by molar-refractivity contribution is 7.12. The number of anilines is 1. The van der Waals surface area contributed by atoms with Gasteiger partial charge in [-0.2, -0.15) is 0 Å². The Morgan fingerprint density at radius 1 is 1.38 bits per heavy atom. The van der Waals surface area contributed by atoms with Gasteiger partial charge in [-0.3, -0.25) is 4.79 Å². The Hall–Kier alpha value is -1.92. The van der Waals surface area contributed by atoms with E-state index in [0.29, 0.717) is 11.3 Å². The Bertz CT molecular complexity index is 714. The van der Waals surface area contributed by atoms with Crippen LogP contribution in [0.25, 0.3) is 0 Å². The van der Waals surface area contributed by atoms with E-state index in [0.717, 1.165) is 17.4 Å². The molecular weight excluding hydrogens is 317 g/mol. The summed E-state index contributed by atoms with van der Waals surface area (Å²) < 4.78 is 18.3. The number of amides is 1. The number of nitrogens with one attached hydrogen (secondary N) is 1. The molecule has 2 aromatic rings. The van der Waals surface area contributed by atoms with Gasteiger partial charge in [0.25, 0.3) is 5.91 Å². The van der Waals surface area contributed by atoms with Crippen molar-refractivity contribution in [3.8, 4) is 0 Å². The fraction of sp³-hybridized carbons (Fsp3) is 0.143. The van der Waals surface area contributed by atoms with Gasteiger partial charge in [-0.05, 0) is 36.1 Å². The van der Waals surface area contributed by atoms with Crippen molar-refractivity contribution in [2.24, 2.45) is 0 Å². The summed E-state index contributed by atoms with van der Waals surface area (Å²) >= 11 is 6.90. The van der Waals surface area contributed by atoms with Crippen LogP contribution >= 0.6 is 22.9 Å². The molecule has 0 aliphatic heterocycles. The second-order valence-electron chi connectivity index (χ2n) is 4.19. The smallest absolute Gasteiger partial charge is 0.350 e. The number of benzene rings is 1. The maximum atomic E-state index is 13.7. The van der Waals surface area contributed by atoms with E-state index in [1.807, 2.05) is 0 Å². The monoisotopic (exact) mass is 327 g/mol. The van der Waals surface area contributed by atoms with Crippen LogP contribution in [0.4, 0.5) is 10.1 Å². The van der Waals surface area contributed by atoms with Crippen molar-refractivity contribution in [2.75, 3.05) is 12.4 Å². The van der Waals surface area contributed by atoms with E-state index < -0.39 is 17.7 Å². The lowest BCUT2D eigenvalue weighted by Gasteiger charge is -2.08. The van der Waals surface area contributed by atoms with Crippen LogP contribution in [-0.2, 0) is 4.74 Å². The molecule has 0 saturated carbocycles. The maximum absolute atomic E-state index is 13.7. The Balaban J connectivity index is 2.34. The highest BCUT2D eigenvalue weighted by Crippen LogP contribution is 2.29. The number of rotatable bonds is 3. The Kier molecular flexibility index (Phi) is 4.59. The summed E-state index contributed by atoms with van der Waals surface area (Å²) in [7, 11) is 1.25. The summed E-state index contributed by atoms with van der Waals surface area (Å²) in [5, 5.41) is 4.48. The number of halogens is 2. The van der Waals surface area contributed by atoms with E-state index >= 15 is 0 Å². The summed E-state index contributed by atoms with van der Waals surface area (Å²) in [5.41, 5.74) is 0.816. The third kappa shape index (κ3) is 3.22. The quantitative estimate of drug-likeness (QED) is 0.870. The standard InChI is InChI=1S/C14H11ClFNO3S/c1-7-6-21-12(14(19)20-2)11(7)17-13(18)9-5-8(15)3-4-10(9)16/h3-6H,1-2H3,(H,17,18). The van der Waals surface area contributed by atoms with E-state index in [1.165, 1.54) is 19.2 Å². The first-order valence-corrected chi connectivity index (χ1v) is 7.12. The Morgan fingerprint density at radius 3 is 2.76 bits per heavy atom. The van der Waals surface area contributed by atoms with Crippen LogP contribution in [0.15, 0.2) is 23.6 Å². The maximum Gasteiger partial charge on any atom is 0.350 e. The summed E-state index contributed by atoms with van der Waals surface area (Å²) in [6, 6.07) is 3.69. The van der Waals surface area contributed by atoms with Crippen molar-refractivity contribution < 1.29 is 18.7 Å². The molecule has 4 nitrogen and oxygen atoms in total. The van der Waals surface area contributed by atoms with E-state index in [1.54, 1.807) is 12.3 Å². The average molecular weight is 328 g/mol. The number of carbonyl (C=O) groups is 2. The molecule has 110 valence electrons. The van der Waals surface area contributed by atoms with Crippen molar-refractivity contribution in [3.05, 3.63) is 50.4 Å². The van der Waals surface area contributed by atoms with Crippen LogP contribution in [0.3, 0.4) is 0 Å². The molecule has 0 unspecified atom stereocenters. The van der Waals surface area contributed by atoms with Gasteiger partial charge in [0, 0.05) is 5.02 Å². The minimum absolute atomic E-state index is 0.191. The predicted molar refractivity (Wildman–Crippen MR) is 79.8 cm³/mol. The minimum Gasteiger partial charge on any atom is -0.465 e. The molecule has 1 aromatic carbocycles. The van der Waals surface area contributed by atoms with Gasteiger partial charge in [0.05, 0.1) is 18.4 Å². The van der Waals surface area contributed by atoms with Crippen molar-refractivity contribution in [1.29, 1.82) is 0 Å². The van der Waals surface area contributed by atoms with Gasteiger partial charge in [-0.1, -0.05) is 11.6 Å². The SMILES string of the molecule is COC(=O)c1scc(C)c1NC(=O)c1cc(Cl)ccc1F. The van der Waals surface area contributed by atoms with E-state index in [-0.39, 0.29) is 15.5 Å². The number of ether oxygens (including phenoxy) is 1. The topological polar surface area (TPSA) is 55.4 Å². The molecule has 2 rings (SSSR count). The molecular formula is C14H11ClFNO3S. The first-order valence-electron chi connectivity index (χ1n) is 5.87. The molecule has 0 radical (unpaired) electrons. The number of methoxy groups -OCH3 is 1. The third-order valence-electron chi connectivity index (χ3n) is 2.76. The fourth-order valence-corrected chi connectivity index (χ4v) is 2.79. The average Bonchev–Trinajstić information content (AvgIpc) is 2.82. The molecule has 0 bridgehead atoms. The molecule has 0 spiro atoms. The lowest BCUT2D eigenvalue weighted by atomic mass is 10.2. The van der Waals surface area contributed by atoms with E-state index in [9.17, 15) is 14.0 Å². The molecule has 0 saturated heterocycles. The van der Waals surface area contributed by atoms with Crippen LogP contribution < -0.4 is 5.32 Å². The van der Waals surface area contributed by atoms with Gasteiger partial charge in [-0.15, -0.1) is 11.3 Å². The zero-order valence-corrected chi connectivity index (χ0v) is 12.8. The molecule has 21 heavy (non-hydrogen) atoms. The molecule has 0 aliphatic carbocycles. The highest BCUT2D eigenvalue weighted by Gasteiger charge is 2.20. The van der Waals surface area contributed by atoms with Gasteiger partial charge < -0.3 is 10.1 Å². The number of carbonyl (C=O) groups excluding carboxylic acids is 2. The normalized spacial score (nSPS) is 10.3. The third-order valence-corrected chi connectivity index (χ3v) is 4.07. The van der Waals surface area contributed by atoms with Crippen molar-refractivity contribution in [3.63, 3.8) is 0 Å². The zero-order valence-electron chi connectivity index (χ0n) is 11.2. The van der Waals surface area contributed by atoms with Gasteiger partial charge >= 0.3 is 5.97 Å². The molecule has 1 amide bonds. The summed E-state index contributed by atoms with van der Waals surface area (Å²) in [6.45, 7) is 1.73. The van der Waals surface area contributed by atoms with E-state index in [2.05, 4.69) is 10.1 Å². The molecule has 0 aliphatic rings. The first kappa shape index (κ1) is 15.5. The largest absolute Gasteiger partial charge is 0.465 e. The molecule has 0 fully saturated rings. The Morgan fingerprint density at radius 2 is 2.10 bits per heavy atom. The van der Waals surface area contributed by atoms with Gasteiger partial charge in [-0.25, -0.2) is 9.18 Å². The first-order chi connectivity index (χ1) is 9.93. The number of hydrogen-bond acceptors (Lipinski definition) is 4. The molecule has 1 N–H and O–H groups in total. The van der Waals surface area contributed by atoms with Crippen LogP contribution in [0.1, 0.15) is 25.6 Å².